The van der Waals surface area contributed by atoms with Gasteiger partial charge in [0.15, 0.2) is 0 Å². The van der Waals surface area contributed by atoms with Gasteiger partial charge in [-0.3, -0.25) is 4.79 Å². The summed E-state index contributed by atoms with van der Waals surface area (Å²) in [5.74, 6) is -0.0128. The van der Waals surface area contributed by atoms with Gasteiger partial charge in [-0.15, -0.1) is 11.3 Å². The molecular formula is C10H9NOS. The Hall–Kier alpha value is -1.35. The van der Waals surface area contributed by atoms with E-state index in [-0.39, 0.29) is 5.91 Å². The molecule has 13 heavy (non-hydrogen) atoms. The monoisotopic (exact) mass is 191 g/mol. The molecule has 1 heterocycles. The molecule has 66 valence electrons. The second kappa shape index (κ2) is 3.18. The fourth-order valence-electron chi connectivity index (χ4n) is 1.22. The number of fused-ring (bicyclic) bond motifs is 1. The Balaban J connectivity index is 2.56. The summed E-state index contributed by atoms with van der Waals surface area (Å²) in [6.45, 7) is 0. The van der Waals surface area contributed by atoms with Crippen molar-refractivity contribution >= 4 is 27.3 Å². The molecule has 2 nitrogen and oxygen atoms in total. The molecule has 1 aromatic heterocycles. The average Bonchev–Trinajstić information content (AvgIpc) is 2.59. The summed E-state index contributed by atoms with van der Waals surface area (Å²) in [5, 5.41) is 3.74. The lowest BCUT2D eigenvalue weighted by Gasteiger charge is -1.90. The van der Waals surface area contributed by atoms with Gasteiger partial charge in [0.25, 0.3) is 5.91 Å². The Morgan fingerprint density at radius 3 is 2.85 bits per heavy atom. The minimum Gasteiger partial charge on any atom is -0.354 e. The van der Waals surface area contributed by atoms with E-state index in [1.807, 2.05) is 30.3 Å². The topological polar surface area (TPSA) is 29.1 Å². The standard InChI is InChI=1S/C10H9NOS/c1-11-10(12)9-6-7-4-2-3-5-8(7)13-9/h2-6H,1H3,(H,11,12). The molecule has 2 aromatic rings. The fraction of sp³-hybridized carbons (Fsp3) is 0.100. The van der Waals surface area contributed by atoms with Crippen molar-refractivity contribution in [3.05, 3.63) is 35.2 Å². The van der Waals surface area contributed by atoms with Crippen molar-refractivity contribution in [1.29, 1.82) is 0 Å². The van der Waals surface area contributed by atoms with Crippen LogP contribution in [0.1, 0.15) is 9.67 Å². The molecule has 0 fully saturated rings. The van der Waals surface area contributed by atoms with Gasteiger partial charge >= 0.3 is 0 Å². The van der Waals surface area contributed by atoms with Gasteiger partial charge in [-0.1, -0.05) is 18.2 Å². The van der Waals surface area contributed by atoms with E-state index < -0.39 is 0 Å². The summed E-state index contributed by atoms with van der Waals surface area (Å²) in [6, 6.07) is 9.90. The van der Waals surface area contributed by atoms with Gasteiger partial charge in [0, 0.05) is 11.7 Å². The van der Waals surface area contributed by atoms with Crippen LogP contribution in [0.2, 0.25) is 0 Å². The molecule has 1 N–H and O–H groups in total. The van der Waals surface area contributed by atoms with Gasteiger partial charge in [0.1, 0.15) is 0 Å². The van der Waals surface area contributed by atoms with Crippen LogP contribution in [0.5, 0.6) is 0 Å². The summed E-state index contributed by atoms with van der Waals surface area (Å²) in [6.07, 6.45) is 0. The maximum atomic E-state index is 11.3. The highest BCUT2D eigenvalue weighted by Crippen LogP contribution is 2.24. The Morgan fingerprint density at radius 2 is 2.15 bits per heavy atom. The lowest BCUT2D eigenvalue weighted by molar-refractivity contribution is 0.0967. The minimum atomic E-state index is -0.0128. The van der Waals surface area contributed by atoms with Gasteiger partial charge < -0.3 is 5.32 Å². The van der Waals surface area contributed by atoms with Crippen LogP contribution in [0.4, 0.5) is 0 Å². The van der Waals surface area contributed by atoms with Crippen LogP contribution in [0.15, 0.2) is 30.3 Å². The maximum Gasteiger partial charge on any atom is 0.261 e. The first-order valence-corrected chi connectivity index (χ1v) is 4.83. The van der Waals surface area contributed by atoms with Gasteiger partial charge in [0.2, 0.25) is 0 Å². The van der Waals surface area contributed by atoms with Crippen molar-refractivity contribution in [3.8, 4) is 0 Å². The van der Waals surface area contributed by atoms with Crippen LogP contribution in [0.3, 0.4) is 0 Å². The number of thiophene rings is 1. The third kappa shape index (κ3) is 1.42. The molecule has 1 aromatic carbocycles. The number of benzene rings is 1. The Bertz CT molecular complexity index is 414. The highest BCUT2D eigenvalue weighted by atomic mass is 32.1. The lowest BCUT2D eigenvalue weighted by Crippen LogP contribution is -2.15. The third-order valence-corrected chi connectivity index (χ3v) is 2.99. The number of hydrogen-bond acceptors (Lipinski definition) is 2. The molecule has 0 radical (unpaired) electrons. The van der Waals surface area contributed by atoms with E-state index in [0.717, 1.165) is 15.0 Å². The highest BCUT2D eigenvalue weighted by molar-refractivity contribution is 7.20. The first kappa shape index (κ1) is 8.26. The molecule has 0 aliphatic carbocycles. The molecule has 0 aliphatic heterocycles. The van der Waals surface area contributed by atoms with Crippen molar-refractivity contribution in [2.45, 2.75) is 0 Å². The summed E-state index contributed by atoms with van der Waals surface area (Å²) < 4.78 is 1.15. The van der Waals surface area contributed by atoms with E-state index in [0.29, 0.717) is 0 Å². The largest absolute Gasteiger partial charge is 0.354 e. The first-order valence-electron chi connectivity index (χ1n) is 4.02. The van der Waals surface area contributed by atoms with Crippen LogP contribution < -0.4 is 5.32 Å². The summed E-state index contributed by atoms with van der Waals surface area (Å²) in [7, 11) is 1.65. The van der Waals surface area contributed by atoms with Gasteiger partial charge in [-0.25, -0.2) is 0 Å². The minimum absolute atomic E-state index is 0.0128. The molecule has 1 amide bonds. The van der Waals surface area contributed by atoms with Crippen molar-refractivity contribution < 1.29 is 4.79 Å². The van der Waals surface area contributed by atoms with Crippen LogP contribution in [-0.2, 0) is 0 Å². The molecule has 0 bridgehead atoms. The van der Waals surface area contributed by atoms with Gasteiger partial charge in [-0.05, 0) is 17.5 Å². The summed E-state index contributed by atoms with van der Waals surface area (Å²) >= 11 is 1.52. The SMILES string of the molecule is CNC(=O)c1cc2ccccc2s1. The molecule has 0 saturated carbocycles. The van der Waals surface area contributed by atoms with Crippen LogP contribution in [0, 0.1) is 0 Å². The lowest BCUT2D eigenvalue weighted by atomic mass is 10.2. The zero-order valence-electron chi connectivity index (χ0n) is 7.20. The van der Waals surface area contributed by atoms with Crippen molar-refractivity contribution in [2.75, 3.05) is 7.05 Å². The van der Waals surface area contributed by atoms with Crippen LogP contribution >= 0.6 is 11.3 Å². The van der Waals surface area contributed by atoms with E-state index in [2.05, 4.69) is 5.32 Å². The molecule has 0 spiro atoms. The molecule has 0 atom stereocenters. The summed E-state index contributed by atoms with van der Waals surface area (Å²) in [5.41, 5.74) is 0. The van der Waals surface area contributed by atoms with E-state index in [1.165, 1.54) is 11.3 Å². The normalized spacial score (nSPS) is 10.2. The van der Waals surface area contributed by atoms with E-state index in [9.17, 15) is 4.79 Å². The van der Waals surface area contributed by atoms with Crippen molar-refractivity contribution in [2.24, 2.45) is 0 Å². The van der Waals surface area contributed by atoms with E-state index in [4.69, 9.17) is 0 Å². The van der Waals surface area contributed by atoms with E-state index >= 15 is 0 Å². The van der Waals surface area contributed by atoms with Crippen LogP contribution in [0.25, 0.3) is 10.1 Å². The van der Waals surface area contributed by atoms with Crippen molar-refractivity contribution in [1.82, 2.24) is 5.32 Å². The Morgan fingerprint density at radius 1 is 1.38 bits per heavy atom. The number of carbonyl (C=O) groups excluding carboxylic acids is 1. The summed E-state index contributed by atoms with van der Waals surface area (Å²) in [4.78, 5) is 12.0. The number of amides is 1. The zero-order valence-corrected chi connectivity index (χ0v) is 8.02. The second-order valence-electron chi connectivity index (χ2n) is 2.73. The van der Waals surface area contributed by atoms with Crippen LogP contribution in [-0.4, -0.2) is 13.0 Å². The smallest absolute Gasteiger partial charge is 0.261 e. The Kier molecular flexibility index (Phi) is 2.02. The highest BCUT2D eigenvalue weighted by Gasteiger charge is 2.06. The van der Waals surface area contributed by atoms with Gasteiger partial charge in [-0.2, -0.15) is 0 Å². The number of rotatable bonds is 1. The quantitative estimate of drug-likeness (QED) is 0.736. The zero-order chi connectivity index (χ0) is 9.26. The first-order chi connectivity index (χ1) is 6.31. The third-order valence-electron chi connectivity index (χ3n) is 1.88. The maximum absolute atomic E-state index is 11.3. The Labute approximate surface area is 80.2 Å². The molecule has 3 heteroatoms. The molecule has 0 aliphatic rings. The van der Waals surface area contributed by atoms with Gasteiger partial charge in [0.05, 0.1) is 4.88 Å². The fourth-order valence-corrected chi connectivity index (χ4v) is 2.23. The average molecular weight is 191 g/mol. The molecular weight excluding hydrogens is 182 g/mol. The van der Waals surface area contributed by atoms with Crippen molar-refractivity contribution in [3.63, 3.8) is 0 Å². The van der Waals surface area contributed by atoms with E-state index in [1.54, 1.807) is 7.05 Å². The second-order valence-corrected chi connectivity index (χ2v) is 3.81. The number of hydrogen-bond donors (Lipinski definition) is 1. The molecule has 0 saturated heterocycles. The number of nitrogens with one attached hydrogen (secondary N) is 1. The number of carbonyl (C=O) groups is 1. The predicted molar refractivity (Wildman–Crippen MR) is 55.2 cm³/mol. The molecule has 2 rings (SSSR count). The predicted octanol–water partition coefficient (Wildman–Crippen LogP) is 2.26. The molecule has 0 unspecified atom stereocenters.